The molecule has 0 amide bonds. The zero-order valence-electron chi connectivity index (χ0n) is 7.09. The first-order valence-electron chi connectivity index (χ1n) is 3.53. The summed E-state index contributed by atoms with van der Waals surface area (Å²) in [5.41, 5.74) is 0. The summed E-state index contributed by atoms with van der Waals surface area (Å²) >= 11 is 0. The van der Waals surface area contributed by atoms with Crippen LogP contribution in [0.5, 0.6) is 0 Å². The zero-order valence-corrected chi connectivity index (χ0v) is 7.09. The molecule has 0 spiro atoms. The van der Waals surface area contributed by atoms with Crippen molar-refractivity contribution in [1.82, 2.24) is 0 Å². The third-order valence-electron chi connectivity index (χ3n) is 1.11. The van der Waals surface area contributed by atoms with E-state index in [0.717, 1.165) is 5.76 Å². The summed E-state index contributed by atoms with van der Waals surface area (Å²) in [6, 6.07) is 0. The molecule has 0 N–H and O–H groups in total. The van der Waals surface area contributed by atoms with Crippen molar-refractivity contribution in [3.8, 4) is 12.3 Å². The van der Waals surface area contributed by atoms with Gasteiger partial charge in [0.1, 0.15) is 0 Å². The Bertz CT molecular complexity index is 153. The van der Waals surface area contributed by atoms with Crippen molar-refractivity contribution in [3.05, 3.63) is 11.8 Å². The number of methoxy groups -OCH3 is 1. The van der Waals surface area contributed by atoms with Gasteiger partial charge in [0.2, 0.25) is 0 Å². The van der Waals surface area contributed by atoms with Crippen LogP contribution in [0.2, 0.25) is 0 Å². The van der Waals surface area contributed by atoms with Gasteiger partial charge in [-0.05, 0) is 13.0 Å². The molecule has 0 aliphatic carbocycles. The molecule has 0 aliphatic rings. The van der Waals surface area contributed by atoms with Gasteiger partial charge in [0.15, 0.2) is 0 Å². The van der Waals surface area contributed by atoms with Crippen molar-refractivity contribution in [1.29, 1.82) is 0 Å². The van der Waals surface area contributed by atoms with Gasteiger partial charge in [0.25, 0.3) is 0 Å². The lowest BCUT2D eigenvalue weighted by atomic mass is 10.4. The van der Waals surface area contributed by atoms with Gasteiger partial charge in [0, 0.05) is 13.5 Å². The van der Waals surface area contributed by atoms with Crippen LogP contribution in [0.25, 0.3) is 0 Å². The van der Waals surface area contributed by atoms with Crippen LogP contribution in [-0.2, 0) is 9.47 Å². The van der Waals surface area contributed by atoms with Crippen molar-refractivity contribution in [2.45, 2.75) is 13.3 Å². The van der Waals surface area contributed by atoms with Crippen LogP contribution < -0.4 is 0 Å². The SMILES string of the molecule is C#CCCO/C(C)=C/COC. The summed E-state index contributed by atoms with van der Waals surface area (Å²) in [7, 11) is 1.64. The number of rotatable bonds is 5. The molecule has 0 radical (unpaired) electrons. The molecule has 0 atom stereocenters. The van der Waals surface area contributed by atoms with Crippen molar-refractivity contribution < 1.29 is 9.47 Å². The van der Waals surface area contributed by atoms with Crippen LogP contribution in [0.3, 0.4) is 0 Å². The van der Waals surface area contributed by atoms with Crippen molar-refractivity contribution in [2.24, 2.45) is 0 Å². The van der Waals surface area contributed by atoms with E-state index < -0.39 is 0 Å². The van der Waals surface area contributed by atoms with Crippen LogP contribution in [0, 0.1) is 12.3 Å². The van der Waals surface area contributed by atoms with Gasteiger partial charge in [-0.3, -0.25) is 0 Å². The highest BCUT2D eigenvalue weighted by Gasteiger charge is 1.87. The fourth-order valence-corrected chi connectivity index (χ4v) is 0.531. The van der Waals surface area contributed by atoms with E-state index >= 15 is 0 Å². The number of ether oxygens (including phenoxy) is 2. The lowest BCUT2D eigenvalue weighted by molar-refractivity contribution is 0.202. The molecule has 2 nitrogen and oxygen atoms in total. The topological polar surface area (TPSA) is 18.5 Å². The molecule has 0 fully saturated rings. The summed E-state index contributed by atoms with van der Waals surface area (Å²) in [4.78, 5) is 0. The Hall–Kier alpha value is -0.940. The first kappa shape index (κ1) is 10.1. The Balaban J connectivity index is 3.36. The molecule has 0 rings (SSSR count). The van der Waals surface area contributed by atoms with Crippen molar-refractivity contribution in [3.63, 3.8) is 0 Å². The van der Waals surface area contributed by atoms with E-state index in [2.05, 4.69) is 5.92 Å². The average Bonchev–Trinajstić information content (AvgIpc) is 2.01. The monoisotopic (exact) mass is 154 g/mol. The molecule has 0 bridgehead atoms. The minimum Gasteiger partial charge on any atom is -0.497 e. The summed E-state index contributed by atoms with van der Waals surface area (Å²) in [6.45, 7) is 3.06. The smallest absolute Gasteiger partial charge is 0.0986 e. The highest BCUT2D eigenvalue weighted by Crippen LogP contribution is 1.95. The average molecular weight is 154 g/mol. The minimum absolute atomic E-state index is 0.585. The minimum atomic E-state index is 0.585. The van der Waals surface area contributed by atoms with Crippen molar-refractivity contribution in [2.75, 3.05) is 20.3 Å². The normalized spacial score (nSPS) is 10.8. The highest BCUT2D eigenvalue weighted by atomic mass is 16.5. The van der Waals surface area contributed by atoms with Crippen molar-refractivity contribution >= 4 is 0 Å². The summed E-state index contributed by atoms with van der Waals surface area (Å²) in [6.07, 6.45) is 7.56. The Morgan fingerprint density at radius 1 is 1.64 bits per heavy atom. The van der Waals surface area contributed by atoms with Gasteiger partial charge in [-0.25, -0.2) is 0 Å². The third-order valence-corrected chi connectivity index (χ3v) is 1.11. The van der Waals surface area contributed by atoms with E-state index in [9.17, 15) is 0 Å². The summed E-state index contributed by atoms with van der Waals surface area (Å²) in [5.74, 6) is 3.36. The fraction of sp³-hybridized carbons (Fsp3) is 0.556. The molecular formula is C9H14O2. The Morgan fingerprint density at radius 2 is 2.36 bits per heavy atom. The highest BCUT2D eigenvalue weighted by molar-refractivity contribution is 4.89. The fourth-order valence-electron chi connectivity index (χ4n) is 0.531. The maximum atomic E-state index is 5.22. The van der Waals surface area contributed by atoms with Crippen LogP contribution in [0.1, 0.15) is 13.3 Å². The van der Waals surface area contributed by atoms with E-state index in [1.54, 1.807) is 7.11 Å². The number of hydrogen-bond acceptors (Lipinski definition) is 2. The standard InChI is InChI=1S/C9H14O2/c1-4-5-7-11-9(2)6-8-10-3/h1,6H,5,7-8H2,2-3H3/b9-6+. The van der Waals surface area contributed by atoms with Gasteiger partial charge < -0.3 is 9.47 Å². The van der Waals surface area contributed by atoms with E-state index in [1.165, 1.54) is 0 Å². The molecule has 0 saturated heterocycles. The van der Waals surface area contributed by atoms with E-state index in [-0.39, 0.29) is 0 Å². The van der Waals surface area contributed by atoms with Gasteiger partial charge in [-0.15, -0.1) is 12.3 Å². The predicted octanol–water partition coefficient (Wildman–Crippen LogP) is 1.58. The third kappa shape index (κ3) is 6.95. The first-order valence-corrected chi connectivity index (χ1v) is 3.53. The molecule has 0 aliphatic heterocycles. The second kappa shape index (κ2) is 7.17. The first-order chi connectivity index (χ1) is 5.31. The second-order valence-corrected chi connectivity index (χ2v) is 2.07. The molecule has 2 heteroatoms. The van der Waals surface area contributed by atoms with E-state index in [1.807, 2.05) is 13.0 Å². The summed E-state index contributed by atoms with van der Waals surface area (Å²) in [5, 5.41) is 0. The lowest BCUT2D eigenvalue weighted by Gasteiger charge is -2.02. The van der Waals surface area contributed by atoms with Crippen LogP contribution >= 0.6 is 0 Å². The largest absolute Gasteiger partial charge is 0.497 e. The van der Waals surface area contributed by atoms with Gasteiger partial charge in [0.05, 0.1) is 19.0 Å². The molecule has 0 aromatic heterocycles. The van der Waals surface area contributed by atoms with Gasteiger partial charge >= 0.3 is 0 Å². The molecule has 11 heavy (non-hydrogen) atoms. The zero-order chi connectivity index (χ0) is 8.53. The molecule has 0 aromatic rings. The molecule has 0 saturated carbocycles. The van der Waals surface area contributed by atoms with Crippen LogP contribution in [0.4, 0.5) is 0 Å². The quantitative estimate of drug-likeness (QED) is 0.340. The van der Waals surface area contributed by atoms with E-state index in [4.69, 9.17) is 15.9 Å². The molecule has 0 aromatic carbocycles. The Labute approximate surface area is 68.2 Å². The molecular weight excluding hydrogens is 140 g/mol. The molecule has 0 unspecified atom stereocenters. The van der Waals surface area contributed by atoms with E-state index in [0.29, 0.717) is 19.6 Å². The number of hydrogen-bond donors (Lipinski definition) is 0. The molecule has 0 heterocycles. The second-order valence-electron chi connectivity index (χ2n) is 2.07. The van der Waals surface area contributed by atoms with Gasteiger partial charge in [-0.1, -0.05) is 0 Å². The molecule has 62 valence electrons. The predicted molar refractivity (Wildman–Crippen MR) is 45.0 cm³/mol. The summed E-state index contributed by atoms with van der Waals surface area (Å²) < 4.78 is 10.0. The lowest BCUT2D eigenvalue weighted by Crippen LogP contribution is -1.92. The Kier molecular flexibility index (Phi) is 6.56. The number of allylic oxidation sites excluding steroid dienone is 1. The number of terminal acetylenes is 1. The Morgan fingerprint density at radius 3 is 2.91 bits per heavy atom. The van der Waals surface area contributed by atoms with Gasteiger partial charge in [-0.2, -0.15) is 0 Å². The maximum absolute atomic E-state index is 5.22. The van der Waals surface area contributed by atoms with Crippen LogP contribution in [0.15, 0.2) is 11.8 Å². The van der Waals surface area contributed by atoms with Crippen LogP contribution in [-0.4, -0.2) is 20.3 Å². The maximum Gasteiger partial charge on any atom is 0.0986 e.